The Morgan fingerprint density at radius 1 is 1.33 bits per heavy atom. The van der Waals surface area contributed by atoms with Gasteiger partial charge in [0.25, 0.3) is 5.91 Å². The Kier molecular flexibility index (Phi) is 4.27. The average molecular weight is 302 g/mol. The Labute approximate surface area is 130 Å². The van der Waals surface area contributed by atoms with Gasteiger partial charge >= 0.3 is 0 Å². The van der Waals surface area contributed by atoms with Gasteiger partial charge in [0.15, 0.2) is 0 Å². The van der Waals surface area contributed by atoms with Crippen molar-refractivity contribution in [2.45, 2.75) is 25.3 Å². The van der Waals surface area contributed by atoms with E-state index >= 15 is 0 Å². The maximum absolute atomic E-state index is 12.9. The topological polar surface area (TPSA) is 23.6 Å². The second-order valence-corrected chi connectivity index (χ2v) is 7.14. The summed E-state index contributed by atoms with van der Waals surface area (Å²) in [4.78, 5) is 18.0. The van der Waals surface area contributed by atoms with Gasteiger partial charge in [-0.1, -0.05) is 18.2 Å². The van der Waals surface area contributed by atoms with Crippen LogP contribution in [0.1, 0.15) is 28.9 Å². The van der Waals surface area contributed by atoms with Gasteiger partial charge in [0.2, 0.25) is 0 Å². The summed E-state index contributed by atoms with van der Waals surface area (Å²) in [5, 5.41) is 1.17. The molecule has 112 valence electrons. The number of benzene rings is 1. The van der Waals surface area contributed by atoms with Crippen molar-refractivity contribution in [2.75, 3.05) is 27.2 Å². The molecule has 0 aliphatic carbocycles. The van der Waals surface area contributed by atoms with E-state index in [0.717, 1.165) is 30.8 Å². The highest BCUT2D eigenvalue weighted by molar-refractivity contribution is 7.20. The summed E-state index contributed by atoms with van der Waals surface area (Å²) in [5.74, 6) is 0.211. The van der Waals surface area contributed by atoms with Gasteiger partial charge in [0, 0.05) is 23.8 Å². The first kappa shape index (κ1) is 14.5. The summed E-state index contributed by atoms with van der Waals surface area (Å²) in [6.07, 6.45) is 3.48. The molecule has 3 nitrogen and oxygen atoms in total. The third-order valence-corrected chi connectivity index (χ3v) is 5.20. The number of likely N-dealkylation sites (N-methyl/N-ethyl adjacent to an activating group) is 1. The zero-order chi connectivity index (χ0) is 14.8. The molecule has 0 unspecified atom stereocenters. The molecule has 0 N–H and O–H groups in total. The predicted octanol–water partition coefficient (Wildman–Crippen LogP) is 3.46. The van der Waals surface area contributed by atoms with Gasteiger partial charge in [-0.15, -0.1) is 11.3 Å². The molecule has 1 fully saturated rings. The molecule has 0 radical (unpaired) electrons. The van der Waals surface area contributed by atoms with Crippen LogP contribution in [0.3, 0.4) is 0 Å². The molecule has 1 aromatic carbocycles. The summed E-state index contributed by atoms with van der Waals surface area (Å²) >= 11 is 1.62. The van der Waals surface area contributed by atoms with E-state index in [1.165, 1.54) is 16.5 Å². The molecule has 1 atom stereocenters. The lowest BCUT2D eigenvalue weighted by Gasteiger charge is -2.37. The molecule has 1 aliphatic heterocycles. The molecule has 1 aromatic heterocycles. The quantitative estimate of drug-likeness (QED) is 0.867. The summed E-state index contributed by atoms with van der Waals surface area (Å²) in [6, 6.07) is 10.6. The fourth-order valence-corrected chi connectivity index (χ4v) is 4.13. The van der Waals surface area contributed by atoms with E-state index in [-0.39, 0.29) is 5.91 Å². The fourth-order valence-electron chi connectivity index (χ4n) is 3.11. The van der Waals surface area contributed by atoms with Crippen LogP contribution in [0.4, 0.5) is 0 Å². The zero-order valence-corrected chi connectivity index (χ0v) is 13.5. The van der Waals surface area contributed by atoms with Crippen molar-refractivity contribution >= 4 is 27.3 Å². The molecule has 1 aliphatic rings. The fraction of sp³-hybridized carbons (Fsp3) is 0.471. The van der Waals surface area contributed by atoms with Gasteiger partial charge in [-0.25, -0.2) is 0 Å². The Balaban J connectivity index is 1.84. The summed E-state index contributed by atoms with van der Waals surface area (Å²) < 4.78 is 1.20. The second kappa shape index (κ2) is 6.16. The van der Waals surface area contributed by atoms with E-state index in [1.54, 1.807) is 11.3 Å². The van der Waals surface area contributed by atoms with E-state index in [1.807, 2.05) is 18.2 Å². The SMILES string of the molecule is CN(C)C[C@@H]1CCCCN1C(=O)c1cc2ccccc2s1. The lowest BCUT2D eigenvalue weighted by Crippen LogP contribution is -2.48. The molecule has 4 heteroatoms. The second-order valence-electron chi connectivity index (χ2n) is 6.06. The third-order valence-electron chi connectivity index (χ3n) is 4.10. The van der Waals surface area contributed by atoms with Gasteiger partial charge in [-0.3, -0.25) is 4.79 Å². The van der Waals surface area contributed by atoms with Gasteiger partial charge < -0.3 is 9.80 Å². The molecule has 3 rings (SSSR count). The van der Waals surface area contributed by atoms with Crippen molar-refractivity contribution in [3.05, 3.63) is 35.2 Å². The third kappa shape index (κ3) is 3.11. The number of carbonyl (C=O) groups is 1. The van der Waals surface area contributed by atoms with Gasteiger partial charge in [-0.2, -0.15) is 0 Å². The Bertz CT molecular complexity index is 602. The predicted molar refractivity (Wildman–Crippen MR) is 89.1 cm³/mol. The Morgan fingerprint density at radius 2 is 2.14 bits per heavy atom. The van der Waals surface area contributed by atoms with Crippen molar-refractivity contribution < 1.29 is 4.79 Å². The molecule has 1 saturated heterocycles. The number of likely N-dealkylation sites (tertiary alicyclic amines) is 1. The molecule has 1 amide bonds. The van der Waals surface area contributed by atoms with Gasteiger partial charge in [0.05, 0.1) is 4.88 Å². The number of rotatable bonds is 3. The molecule has 0 bridgehead atoms. The van der Waals surface area contributed by atoms with E-state index in [9.17, 15) is 4.79 Å². The smallest absolute Gasteiger partial charge is 0.264 e. The normalized spacial score (nSPS) is 19.4. The largest absolute Gasteiger partial charge is 0.334 e. The monoisotopic (exact) mass is 302 g/mol. The summed E-state index contributed by atoms with van der Waals surface area (Å²) in [5.41, 5.74) is 0. The van der Waals surface area contributed by atoms with E-state index in [0.29, 0.717) is 6.04 Å². The zero-order valence-electron chi connectivity index (χ0n) is 12.7. The standard InChI is InChI=1S/C17H22N2OS/c1-18(2)12-14-8-5-6-10-19(14)17(20)16-11-13-7-3-4-9-15(13)21-16/h3-4,7,9,11,14H,5-6,8,10,12H2,1-2H3/t14-/m0/s1. The number of thiophene rings is 1. The van der Waals surface area contributed by atoms with Crippen molar-refractivity contribution in [2.24, 2.45) is 0 Å². The Morgan fingerprint density at radius 3 is 2.90 bits per heavy atom. The lowest BCUT2D eigenvalue weighted by molar-refractivity contribution is 0.0580. The van der Waals surface area contributed by atoms with E-state index in [4.69, 9.17) is 0 Å². The average Bonchev–Trinajstić information content (AvgIpc) is 2.90. The van der Waals surface area contributed by atoms with Crippen LogP contribution >= 0.6 is 11.3 Å². The molecule has 21 heavy (non-hydrogen) atoms. The molecule has 0 spiro atoms. The van der Waals surface area contributed by atoms with Crippen LogP contribution in [0.2, 0.25) is 0 Å². The van der Waals surface area contributed by atoms with Crippen LogP contribution in [-0.4, -0.2) is 48.9 Å². The molecule has 0 saturated carbocycles. The van der Waals surface area contributed by atoms with Crippen molar-refractivity contribution in [1.29, 1.82) is 0 Å². The molecule has 2 aromatic rings. The molecular formula is C17H22N2OS. The minimum Gasteiger partial charge on any atom is -0.334 e. The Hall–Kier alpha value is -1.39. The van der Waals surface area contributed by atoms with Crippen molar-refractivity contribution in [1.82, 2.24) is 9.80 Å². The first-order valence-electron chi connectivity index (χ1n) is 7.59. The number of amides is 1. The van der Waals surface area contributed by atoms with Crippen LogP contribution < -0.4 is 0 Å². The highest BCUT2D eigenvalue weighted by atomic mass is 32.1. The minimum absolute atomic E-state index is 0.211. The highest BCUT2D eigenvalue weighted by Crippen LogP contribution is 2.28. The summed E-state index contributed by atoms with van der Waals surface area (Å²) in [7, 11) is 4.16. The number of piperidine rings is 1. The number of nitrogens with zero attached hydrogens (tertiary/aromatic N) is 2. The number of hydrogen-bond acceptors (Lipinski definition) is 3. The maximum Gasteiger partial charge on any atom is 0.264 e. The maximum atomic E-state index is 12.9. The summed E-state index contributed by atoms with van der Waals surface area (Å²) in [6.45, 7) is 1.85. The van der Waals surface area contributed by atoms with E-state index < -0.39 is 0 Å². The van der Waals surface area contributed by atoms with Crippen molar-refractivity contribution in [3.8, 4) is 0 Å². The van der Waals surface area contributed by atoms with Crippen LogP contribution in [-0.2, 0) is 0 Å². The molecule has 2 heterocycles. The first-order chi connectivity index (χ1) is 10.1. The number of fused-ring (bicyclic) bond motifs is 1. The van der Waals surface area contributed by atoms with Crippen LogP contribution in [0.25, 0.3) is 10.1 Å². The van der Waals surface area contributed by atoms with E-state index in [2.05, 4.69) is 36.0 Å². The van der Waals surface area contributed by atoms with Crippen LogP contribution in [0.5, 0.6) is 0 Å². The number of hydrogen-bond donors (Lipinski definition) is 0. The molecular weight excluding hydrogens is 280 g/mol. The van der Waals surface area contributed by atoms with Crippen molar-refractivity contribution in [3.63, 3.8) is 0 Å². The highest BCUT2D eigenvalue weighted by Gasteiger charge is 2.28. The van der Waals surface area contributed by atoms with Crippen LogP contribution in [0.15, 0.2) is 30.3 Å². The minimum atomic E-state index is 0.211. The lowest BCUT2D eigenvalue weighted by atomic mass is 10.0. The van der Waals surface area contributed by atoms with Gasteiger partial charge in [-0.05, 0) is 50.9 Å². The number of carbonyl (C=O) groups excluding carboxylic acids is 1. The van der Waals surface area contributed by atoms with Crippen LogP contribution in [0, 0.1) is 0 Å². The van der Waals surface area contributed by atoms with Gasteiger partial charge in [0.1, 0.15) is 0 Å². The first-order valence-corrected chi connectivity index (χ1v) is 8.41.